The summed E-state index contributed by atoms with van der Waals surface area (Å²) in [5.41, 5.74) is 2.13. The number of benzene rings is 1. The number of nitrogens with one attached hydrogen (secondary N) is 1. The zero-order chi connectivity index (χ0) is 13.1. The molecule has 0 unspecified atom stereocenters. The first-order valence-electron chi connectivity index (χ1n) is 5.89. The maximum absolute atomic E-state index is 5.90. The van der Waals surface area contributed by atoms with E-state index in [2.05, 4.69) is 10.4 Å². The highest BCUT2D eigenvalue weighted by atomic mass is 35.5. The number of rotatable bonds is 4. The SMILES string of the molecule is Clc1ccc(CNc2ccc(-n3cccn3)cc2)s1. The predicted molar refractivity (Wildman–Crippen MR) is 80.2 cm³/mol. The summed E-state index contributed by atoms with van der Waals surface area (Å²) in [6.45, 7) is 0.790. The van der Waals surface area contributed by atoms with Gasteiger partial charge in [0.15, 0.2) is 0 Å². The Bertz CT molecular complexity index is 644. The molecule has 1 aromatic carbocycles. The second kappa shape index (κ2) is 5.47. The summed E-state index contributed by atoms with van der Waals surface area (Å²) >= 11 is 7.50. The van der Waals surface area contributed by atoms with Crippen molar-refractivity contribution in [2.75, 3.05) is 5.32 Å². The molecule has 3 aromatic rings. The largest absolute Gasteiger partial charge is 0.380 e. The van der Waals surface area contributed by atoms with E-state index in [1.165, 1.54) is 4.88 Å². The predicted octanol–water partition coefficient (Wildman–Crippen LogP) is 4.20. The van der Waals surface area contributed by atoms with Crippen LogP contribution >= 0.6 is 22.9 Å². The van der Waals surface area contributed by atoms with Crippen molar-refractivity contribution in [2.24, 2.45) is 0 Å². The number of halogens is 1. The van der Waals surface area contributed by atoms with E-state index in [0.717, 1.165) is 22.3 Å². The molecule has 0 atom stereocenters. The summed E-state index contributed by atoms with van der Waals surface area (Å²) in [6, 6.07) is 14.0. The van der Waals surface area contributed by atoms with E-state index >= 15 is 0 Å². The van der Waals surface area contributed by atoms with Gasteiger partial charge in [-0.25, -0.2) is 4.68 Å². The average molecular weight is 290 g/mol. The molecule has 0 saturated carbocycles. The number of nitrogens with zero attached hydrogens (tertiary/aromatic N) is 2. The van der Waals surface area contributed by atoms with Crippen molar-refractivity contribution in [3.8, 4) is 5.69 Å². The summed E-state index contributed by atoms with van der Waals surface area (Å²) < 4.78 is 2.66. The average Bonchev–Trinajstić information content (AvgIpc) is 3.08. The lowest BCUT2D eigenvalue weighted by atomic mass is 10.3. The molecule has 19 heavy (non-hydrogen) atoms. The van der Waals surface area contributed by atoms with Crippen molar-refractivity contribution >= 4 is 28.6 Å². The molecule has 0 fully saturated rings. The van der Waals surface area contributed by atoms with E-state index < -0.39 is 0 Å². The number of anilines is 1. The highest BCUT2D eigenvalue weighted by Gasteiger charge is 1.99. The fraction of sp³-hybridized carbons (Fsp3) is 0.0714. The molecule has 0 saturated heterocycles. The molecular formula is C14H12ClN3S. The van der Waals surface area contributed by atoms with Gasteiger partial charge < -0.3 is 5.32 Å². The number of hydrogen-bond donors (Lipinski definition) is 1. The minimum atomic E-state index is 0.790. The highest BCUT2D eigenvalue weighted by molar-refractivity contribution is 7.16. The first kappa shape index (κ1) is 12.3. The van der Waals surface area contributed by atoms with Crippen molar-refractivity contribution in [1.29, 1.82) is 0 Å². The second-order valence-corrected chi connectivity index (χ2v) is 5.86. The second-order valence-electron chi connectivity index (χ2n) is 4.06. The van der Waals surface area contributed by atoms with Crippen LogP contribution in [0.2, 0.25) is 4.34 Å². The molecule has 96 valence electrons. The maximum atomic E-state index is 5.90. The van der Waals surface area contributed by atoms with Crippen LogP contribution in [-0.2, 0) is 6.54 Å². The van der Waals surface area contributed by atoms with E-state index in [4.69, 9.17) is 11.6 Å². The summed E-state index contributed by atoms with van der Waals surface area (Å²) in [5.74, 6) is 0. The molecule has 0 aliphatic heterocycles. The molecule has 2 aromatic heterocycles. The Balaban J connectivity index is 1.66. The van der Waals surface area contributed by atoms with Crippen molar-refractivity contribution in [1.82, 2.24) is 9.78 Å². The van der Waals surface area contributed by atoms with Gasteiger partial charge in [0.25, 0.3) is 0 Å². The van der Waals surface area contributed by atoms with Crippen molar-refractivity contribution in [3.05, 3.63) is 64.1 Å². The molecule has 0 aliphatic carbocycles. The Labute approximate surface area is 120 Å². The van der Waals surface area contributed by atoms with Crippen LogP contribution in [0.25, 0.3) is 5.69 Å². The zero-order valence-corrected chi connectivity index (χ0v) is 11.7. The lowest BCUT2D eigenvalue weighted by Crippen LogP contribution is -1.98. The summed E-state index contributed by atoms with van der Waals surface area (Å²) in [6.07, 6.45) is 3.70. The zero-order valence-electron chi connectivity index (χ0n) is 10.1. The van der Waals surface area contributed by atoms with Gasteiger partial charge in [-0.15, -0.1) is 11.3 Å². The van der Waals surface area contributed by atoms with Gasteiger partial charge in [-0.2, -0.15) is 5.10 Å². The number of hydrogen-bond acceptors (Lipinski definition) is 3. The van der Waals surface area contributed by atoms with Crippen LogP contribution in [0.3, 0.4) is 0 Å². The van der Waals surface area contributed by atoms with E-state index in [1.807, 2.05) is 53.3 Å². The van der Waals surface area contributed by atoms with Crippen LogP contribution in [0, 0.1) is 0 Å². The summed E-state index contributed by atoms with van der Waals surface area (Å²) in [5, 5.41) is 7.56. The molecule has 0 bridgehead atoms. The third kappa shape index (κ3) is 2.97. The van der Waals surface area contributed by atoms with Gasteiger partial charge in [-0.05, 0) is 42.5 Å². The van der Waals surface area contributed by atoms with E-state index in [1.54, 1.807) is 17.5 Å². The van der Waals surface area contributed by atoms with Crippen molar-refractivity contribution in [2.45, 2.75) is 6.54 Å². The number of thiophene rings is 1. The van der Waals surface area contributed by atoms with Gasteiger partial charge in [0.1, 0.15) is 0 Å². The van der Waals surface area contributed by atoms with Crippen LogP contribution < -0.4 is 5.32 Å². The summed E-state index contributed by atoms with van der Waals surface area (Å²) in [7, 11) is 0. The Kier molecular flexibility index (Phi) is 3.53. The van der Waals surface area contributed by atoms with Crippen LogP contribution in [0.15, 0.2) is 54.9 Å². The van der Waals surface area contributed by atoms with Gasteiger partial charge in [0.2, 0.25) is 0 Å². The van der Waals surface area contributed by atoms with Crippen LogP contribution in [0.4, 0.5) is 5.69 Å². The quantitative estimate of drug-likeness (QED) is 0.780. The Morgan fingerprint density at radius 1 is 1.16 bits per heavy atom. The number of aromatic nitrogens is 2. The first-order valence-corrected chi connectivity index (χ1v) is 7.09. The molecule has 0 radical (unpaired) electrons. The third-order valence-corrected chi connectivity index (χ3v) is 3.96. The van der Waals surface area contributed by atoms with Crippen molar-refractivity contribution < 1.29 is 0 Å². The van der Waals surface area contributed by atoms with Gasteiger partial charge in [0, 0.05) is 29.5 Å². The first-order chi connectivity index (χ1) is 9.31. The fourth-order valence-electron chi connectivity index (χ4n) is 1.79. The Morgan fingerprint density at radius 2 is 2.00 bits per heavy atom. The standard InChI is InChI=1S/C14H12ClN3S/c15-14-7-6-13(19-14)10-16-11-2-4-12(5-3-11)18-9-1-8-17-18/h1-9,16H,10H2. The molecule has 3 rings (SSSR count). The van der Waals surface area contributed by atoms with Crippen LogP contribution in [0.1, 0.15) is 4.88 Å². The Hall–Kier alpha value is -1.78. The molecule has 0 aliphatic rings. The normalized spacial score (nSPS) is 10.6. The van der Waals surface area contributed by atoms with E-state index in [9.17, 15) is 0 Å². The van der Waals surface area contributed by atoms with Gasteiger partial charge in [-0.1, -0.05) is 11.6 Å². The molecule has 5 heteroatoms. The smallest absolute Gasteiger partial charge is 0.0931 e. The molecule has 2 heterocycles. The van der Waals surface area contributed by atoms with Crippen molar-refractivity contribution in [3.63, 3.8) is 0 Å². The van der Waals surface area contributed by atoms with Crippen LogP contribution in [0.5, 0.6) is 0 Å². The van der Waals surface area contributed by atoms with Gasteiger partial charge in [0.05, 0.1) is 10.0 Å². The van der Waals surface area contributed by atoms with Gasteiger partial charge >= 0.3 is 0 Å². The topological polar surface area (TPSA) is 29.9 Å². The molecule has 0 amide bonds. The molecule has 0 spiro atoms. The monoisotopic (exact) mass is 289 g/mol. The van der Waals surface area contributed by atoms with Gasteiger partial charge in [-0.3, -0.25) is 0 Å². The molecular weight excluding hydrogens is 278 g/mol. The van der Waals surface area contributed by atoms with E-state index in [0.29, 0.717) is 0 Å². The molecule has 1 N–H and O–H groups in total. The lowest BCUT2D eigenvalue weighted by molar-refractivity contribution is 0.880. The minimum absolute atomic E-state index is 0.790. The third-order valence-electron chi connectivity index (χ3n) is 2.73. The molecule has 3 nitrogen and oxygen atoms in total. The summed E-state index contributed by atoms with van der Waals surface area (Å²) in [4.78, 5) is 1.22. The van der Waals surface area contributed by atoms with Crippen LogP contribution in [-0.4, -0.2) is 9.78 Å². The fourth-order valence-corrected chi connectivity index (χ4v) is 2.82. The minimum Gasteiger partial charge on any atom is -0.380 e. The Morgan fingerprint density at radius 3 is 2.63 bits per heavy atom. The maximum Gasteiger partial charge on any atom is 0.0931 e. The van der Waals surface area contributed by atoms with E-state index in [-0.39, 0.29) is 0 Å². The highest BCUT2D eigenvalue weighted by Crippen LogP contribution is 2.22. The lowest BCUT2D eigenvalue weighted by Gasteiger charge is -2.06.